The Morgan fingerprint density at radius 2 is 1.88 bits per heavy atom. The predicted molar refractivity (Wildman–Crippen MR) is 88.2 cm³/mol. The quantitative estimate of drug-likeness (QED) is 0.821. The van der Waals surface area contributed by atoms with Gasteiger partial charge in [0.05, 0.1) is 16.5 Å². The molecule has 0 saturated heterocycles. The molecule has 1 aliphatic rings. The summed E-state index contributed by atoms with van der Waals surface area (Å²) < 4.78 is 37.2. The van der Waals surface area contributed by atoms with Gasteiger partial charge in [0.25, 0.3) is 0 Å². The molecule has 126 valence electrons. The van der Waals surface area contributed by atoms with Crippen LogP contribution in [0.4, 0.5) is 14.5 Å². The Hall–Kier alpha value is -1.99. The summed E-state index contributed by atoms with van der Waals surface area (Å²) in [5.74, 6) is -0.769. The number of carbonyl (C=O) groups is 1. The lowest BCUT2D eigenvalue weighted by Gasteiger charge is -2.20. The van der Waals surface area contributed by atoms with Crippen LogP contribution < -0.4 is 14.8 Å². The van der Waals surface area contributed by atoms with Crippen molar-refractivity contribution in [2.45, 2.75) is 4.90 Å². The van der Waals surface area contributed by atoms with E-state index in [-0.39, 0.29) is 16.6 Å². The average Bonchev–Trinajstić information content (AvgIpc) is 2.55. The molecule has 0 fully saturated rings. The molecule has 0 bridgehead atoms. The molecule has 24 heavy (non-hydrogen) atoms. The number of benzene rings is 2. The molecule has 0 unspecified atom stereocenters. The second-order valence-corrected chi connectivity index (χ2v) is 6.31. The molecule has 0 radical (unpaired) electrons. The van der Waals surface area contributed by atoms with Crippen molar-refractivity contribution in [2.24, 2.45) is 0 Å². The highest BCUT2D eigenvalue weighted by atomic mass is 35.5. The Labute approximate surface area is 146 Å². The van der Waals surface area contributed by atoms with Crippen molar-refractivity contribution in [3.8, 4) is 11.5 Å². The van der Waals surface area contributed by atoms with Gasteiger partial charge >= 0.3 is 0 Å². The number of amides is 1. The third kappa shape index (κ3) is 3.91. The first-order chi connectivity index (χ1) is 11.5. The van der Waals surface area contributed by atoms with E-state index in [9.17, 15) is 13.6 Å². The van der Waals surface area contributed by atoms with E-state index in [1.807, 2.05) is 0 Å². The summed E-state index contributed by atoms with van der Waals surface area (Å²) in [6, 6.07) is 6.36. The van der Waals surface area contributed by atoms with Gasteiger partial charge in [-0.15, -0.1) is 11.8 Å². The zero-order valence-corrected chi connectivity index (χ0v) is 13.8. The highest BCUT2D eigenvalue weighted by Gasteiger charge is 2.16. The number of ether oxygens (including phenoxy) is 2. The summed E-state index contributed by atoms with van der Waals surface area (Å²) in [5.41, 5.74) is 0.381. The predicted octanol–water partition coefficient (Wildman–Crippen LogP) is 4.12. The molecule has 0 aromatic heterocycles. The molecule has 0 spiro atoms. The second kappa shape index (κ2) is 7.27. The van der Waals surface area contributed by atoms with E-state index in [2.05, 4.69) is 5.32 Å². The van der Waals surface area contributed by atoms with Crippen molar-refractivity contribution in [3.63, 3.8) is 0 Å². The molecule has 3 rings (SSSR count). The van der Waals surface area contributed by atoms with Crippen LogP contribution in [0, 0.1) is 11.6 Å². The number of hydrogen-bond acceptors (Lipinski definition) is 4. The van der Waals surface area contributed by atoms with Crippen LogP contribution in [-0.4, -0.2) is 24.9 Å². The third-order valence-corrected chi connectivity index (χ3v) is 4.52. The summed E-state index contributed by atoms with van der Waals surface area (Å²) >= 11 is 7.07. The Morgan fingerprint density at radius 1 is 1.17 bits per heavy atom. The fraction of sp³-hybridized carbons (Fsp3) is 0.188. The maximum atomic E-state index is 13.5. The van der Waals surface area contributed by atoms with Crippen LogP contribution >= 0.6 is 23.4 Å². The minimum absolute atomic E-state index is 0.0483. The number of fused-ring (bicyclic) bond motifs is 1. The van der Waals surface area contributed by atoms with E-state index in [0.717, 1.165) is 23.9 Å². The van der Waals surface area contributed by atoms with Gasteiger partial charge in [-0.3, -0.25) is 4.79 Å². The van der Waals surface area contributed by atoms with Crippen LogP contribution in [0.25, 0.3) is 0 Å². The van der Waals surface area contributed by atoms with Crippen molar-refractivity contribution in [1.29, 1.82) is 0 Å². The number of thioether (sulfide) groups is 1. The first-order valence-electron chi connectivity index (χ1n) is 7.00. The van der Waals surface area contributed by atoms with Gasteiger partial charge in [0.15, 0.2) is 11.5 Å². The molecule has 1 aliphatic heterocycles. The Kier molecular flexibility index (Phi) is 5.11. The largest absolute Gasteiger partial charge is 0.486 e. The van der Waals surface area contributed by atoms with Gasteiger partial charge < -0.3 is 14.8 Å². The van der Waals surface area contributed by atoms with Gasteiger partial charge in [0, 0.05) is 23.1 Å². The van der Waals surface area contributed by atoms with Crippen LogP contribution in [-0.2, 0) is 4.79 Å². The topological polar surface area (TPSA) is 47.6 Å². The zero-order valence-electron chi connectivity index (χ0n) is 12.3. The summed E-state index contributed by atoms with van der Waals surface area (Å²) in [6.07, 6.45) is 0. The van der Waals surface area contributed by atoms with Gasteiger partial charge in [0.1, 0.15) is 24.8 Å². The lowest BCUT2D eigenvalue weighted by molar-refractivity contribution is -0.113. The molecule has 1 heterocycles. The smallest absolute Gasteiger partial charge is 0.234 e. The van der Waals surface area contributed by atoms with Crippen molar-refractivity contribution < 1.29 is 23.0 Å². The fourth-order valence-electron chi connectivity index (χ4n) is 2.08. The van der Waals surface area contributed by atoms with Crippen LogP contribution in [0.2, 0.25) is 5.02 Å². The number of hydrogen-bond donors (Lipinski definition) is 1. The molecule has 4 nitrogen and oxygen atoms in total. The van der Waals surface area contributed by atoms with Crippen molar-refractivity contribution >= 4 is 35.0 Å². The Balaban J connectivity index is 1.64. The van der Waals surface area contributed by atoms with Crippen LogP contribution in [0.1, 0.15) is 0 Å². The van der Waals surface area contributed by atoms with Crippen molar-refractivity contribution in [1.82, 2.24) is 0 Å². The second-order valence-electron chi connectivity index (χ2n) is 4.89. The van der Waals surface area contributed by atoms with E-state index < -0.39 is 11.6 Å². The fourth-order valence-corrected chi connectivity index (χ4v) is 3.00. The van der Waals surface area contributed by atoms with Crippen LogP contribution in [0.5, 0.6) is 11.5 Å². The maximum Gasteiger partial charge on any atom is 0.234 e. The van der Waals surface area contributed by atoms with Gasteiger partial charge in [-0.2, -0.15) is 0 Å². The van der Waals surface area contributed by atoms with Gasteiger partial charge in [0.2, 0.25) is 5.91 Å². The van der Waals surface area contributed by atoms with Gasteiger partial charge in [-0.1, -0.05) is 11.6 Å². The van der Waals surface area contributed by atoms with Gasteiger partial charge in [-0.05, 0) is 12.1 Å². The number of anilines is 1. The number of rotatable bonds is 4. The zero-order chi connectivity index (χ0) is 17.1. The molecular weight excluding hydrogens is 360 g/mol. The minimum atomic E-state index is -0.704. The normalized spacial score (nSPS) is 12.8. The molecule has 0 saturated carbocycles. The first-order valence-corrected chi connectivity index (χ1v) is 8.36. The molecule has 2 aromatic carbocycles. The monoisotopic (exact) mass is 371 g/mol. The summed E-state index contributed by atoms with van der Waals surface area (Å²) in [5, 5.41) is 2.95. The average molecular weight is 372 g/mol. The molecular formula is C16H12ClF2NO3S. The van der Waals surface area contributed by atoms with E-state index in [1.165, 1.54) is 6.07 Å². The lowest BCUT2D eigenvalue weighted by atomic mass is 10.2. The highest BCUT2D eigenvalue weighted by molar-refractivity contribution is 8.00. The molecule has 1 amide bonds. The maximum absolute atomic E-state index is 13.5. The van der Waals surface area contributed by atoms with Crippen LogP contribution in [0.15, 0.2) is 35.2 Å². The Morgan fingerprint density at radius 3 is 2.58 bits per heavy atom. The molecule has 0 atom stereocenters. The van der Waals surface area contributed by atoms with Crippen molar-refractivity contribution in [2.75, 3.05) is 24.3 Å². The standard InChI is InChI=1S/C16H12ClF2NO3S/c17-10-6-13-14(23-4-3-22-13)7-12(10)20-16(21)8-24-15-2-1-9(18)5-11(15)19/h1-2,5-7H,3-4,8H2,(H,20,21). The van der Waals surface area contributed by atoms with E-state index in [1.54, 1.807) is 12.1 Å². The number of carbonyl (C=O) groups excluding carboxylic acids is 1. The van der Waals surface area contributed by atoms with Crippen molar-refractivity contribution in [3.05, 3.63) is 47.0 Å². The molecule has 2 aromatic rings. The first kappa shape index (κ1) is 16.9. The minimum Gasteiger partial charge on any atom is -0.486 e. The third-order valence-electron chi connectivity index (χ3n) is 3.16. The highest BCUT2D eigenvalue weighted by Crippen LogP contribution is 2.38. The number of halogens is 3. The number of nitrogens with one attached hydrogen (secondary N) is 1. The summed E-state index contributed by atoms with van der Waals surface area (Å²) in [4.78, 5) is 12.2. The van der Waals surface area contributed by atoms with E-state index >= 15 is 0 Å². The van der Waals surface area contributed by atoms with E-state index in [4.69, 9.17) is 21.1 Å². The molecule has 8 heteroatoms. The Bertz CT molecular complexity index is 788. The van der Waals surface area contributed by atoms with Crippen LogP contribution in [0.3, 0.4) is 0 Å². The summed E-state index contributed by atoms with van der Waals surface area (Å²) in [7, 11) is 0. The summed E-state index contributed by atoms with van der Waals surface area (Å²) in [6.45, 7) is 0.858. The lowest BCUT2D eigenvalue weighted by Crippen LogP contribution is -2.17. The molecule has 0 aliphatic carbocycles. The van der Waals surface area contributed by atoms with Gasteiger partial charge in [-0.25, -0.2) is 8.78 Å². The van der Waals surface area contributed by atoms with E-state index in [0.29, 0.717) is 35.4 Å². The SMILES string of the molecule is O=C(CSc1ccc(F)cc1F)Nc1cc2c(cc1Cl)OCCO2. The molecule has 1 N–H and O–H groups in total.